The van der Waals surface area contributed by atoms with Crippen molar-refractivity contribution >= 4 is 33.2 Å². The SMILES string of the molecule is COc1ccc(CN2Cc3cc(N(Cc4ccc(C5CCCCC5)cc4)C(=O)[C@@H](C)S(=O)(=O)Nc4c(F)c(F)c(CF)c(F)c4F)ccc3C2=O)cc1. The molecule has 53 heavy (non-hydrogen) atoms. The van der Waals surface area contributed by atoms with Crippen LogP contribution in [0, 0.1) is 23.3 Å². The van der Waals surface area contributed by atoms with Crippen molar-refractivity contribution < 1.29 is 44.7 Å². The van der Waals surface area contributed by atoms with Gasteiger partial charge in [-0.2, -0.15) is 0 Å². The van der Waals surface area contributed by atoms with Gasteiger partial charge in [0.1, 0.15) is 18.1 Å². The first-order valence-electron chi connectivity index (χ1n) is 17.2. The molecular formula is C39H38F5N3O5S. The fourth-order valence-electron chi connectivity index (χ4n) is 6.89. The van der Waals surface area contributed by atoms with E-state index < -0.39 is 62.4 Å². The largest absolute Gasteiger partial charge is 0.497 e. The third-order valence-corrected chi connectivity index (χ3v) is 11.6. The molecule has 2 aliphatic rings. The lowest BCUT2D eigenvalue weighted by molar-refractivity contribution is -0.118. The highest BCUT2D eigenvalue weighted by Crippen LogP contribution is 2.35. The number of amides is 2. The first-order valence-corrected chi connectivity index (χ1v) is 18.7. The summed E-state index contributed by atoms with van der Waals surface area (Å²) in [6, 6.07) is 19.6. The van der Waals surface area contributed by atoms with E-state index in [1.54, 1.807) is 36.3 Å². The summed E-state index contributed by atoms with van der Waals surface area (Å²) in [7, 11) is -3.51. The van der Waals surface area contributed by atoms with Gasteiger partial charge < -0.3 is 14.5 Å². The van der Waals surface area contributed by atoms with Crippen molar-refractivity contribution in [3.05, 3.63) is 123 Å². The number of nitrogens with one attached hydrogen (secondary N) is 1. The Morgan fingerprint density at radius 2 is 1.53 bits per heavy atom. The van der Waals surface area contributed by atoms with Crippen molar-refractivity contribution in [3.8, 4) is 5.75 Å². The van der Waals surface area contributed by atoms with Crippen LogP contribution in [0.5, 0.6) is 5.75 Å². The molecule has 8 nitrogen and oxygen atoms in total. The van der Waals surface area contributed by atoms with Gasteiger partial charge in [-0.1, -0.05) is 55.7 Å². The van der Waals surface area contributed by atoms with E-state index in [1.165, 1.54) is 22.1 Å². The lowest BCUT2D eigenvalue weighted by Gasteiger charge is -2.27. The summed E-state index contributed by atoms with van der Waals surface area (Å²) in [5.74, 6) is -8.70. The summed E-state index contributed by atoms with van der Waals surface area (Å²) in [5, 5.41) is -2.05. The molecule has 0 spiro atoms. The predicted octanol–water partition coefficient (Wildman–Crippen LogP) is 8.29. The number of alkyl halides is 1. The Bertz CT molecular complexity index is 2100. The van der Waals surface area contributed by atoms with E-state index in [2.05, 4.69) is 0 Å². The second-order valence-corrected chi connectivity index (χ2v) is 15.4. The van der Waals surface area contributed by atoms with Gasteiger partial charge in [-0.25, -0.2) is 30.4 Å². The van der Waals surface area contributed by atoms with Crippen LogP contribution in [0.2, 0.25) is 0 Å². The van der Waals surface area contributed by atoms with Gasteiger partial charge in [0, 0.05) is 24.3 Å². The molecule has 4 aromatic rings. The summed E-state index contributed by atoms with van der Waals surface area (Å²) in [4.78, 5) is 30.3. The highest BCUT2D eigenvalue weighted by Gasteiger charge is 2.37. The van der Waals surface area contributed by atoms with E-state index in [0.29, 0.717) is 34.9 Å². The average molecular weight is 756 g/mol. The zero-order valence-corrected chi connectivity index (χ0v) is 29.9. The average Bonchev–Trinajstić information content (AvgIpc) is 3.48. The Labute approximate surface area is 304 Å². The molecule has 4 aromatic carbocycles. The first kappa shape index (κ1) is 37.8. The van der Waals surface area contributed by atoms with Crippen LogP contribution < -0.4 is 14.4 Å². The number of carbonyl (C=O) groups is 2. The molecular weight excluding hydrogens is 718 g/mol. The van der Waals surface area contributed by atoms with Crippen molar-refractivity contribution in [3.63, 3.8) is 0 Å². The van der Waals surface area contributed by atoms with Crippen LogP contribution in [0.1, 0.15) is 83.1 Å². The zero-order valence-electron chi connectivity index (χ0n) is 29.1. The molecule has 14 heteroatoms. The molecule has 0 bridgehead atoms. The maximum Gasteiger partial charge on any atom is 0.254 e. The van der Waals surface area contributed by atoms with E-state index in [1.807, 2.05) is 36.4 Å². The lowest BCUT2D eigenvalue weighted by Crippen LogP contribution is -2.43. The number of rotatable bonds is 12. The molecule has 1 N–H and O–H groups in total. The highest BCUT2D eigenvalue weighted by molar-refractivity contribution is 7.94. The van der Waals surface area contributed by atoms with Crippen LogP contribution in [0.3, 0.4) is 0 Å². The molecule has 0 aromatic heterocycles. The summed E-state index contributed by atoms with van der Waals surface area (Å²) in [6.07, 6.45) is 5.61. The molecule has 1 saturated carbocycles. The number of halogens is 5. The van der Waals surface area contributed by atoms with Gasteiger partial charge in [0.25, 0.3) is 5.91 Å². The van der Waals surface area contributed by atoms with Crippen LogP contribution in [0.25, 0.3) is 0 Å². The Hall–Kier alpha value is -4.98. The van der Waals surface area contributed by atoms with Gasteiger partial charge in [-0.15, -0.1) is 0 Å². The molecule has 1 atom stereocenters. The lowest BCUT2D eigenvalue weighted by atomic mass is 9.84. The molecule has 1 aliphatic carbocycles. The Balaban J connectivity index is 1.30. The zero-order chi connectivity index (χ0) is 38.0. The fraction of sp³-hybridized carbons (Fsp3) is 0.333. The molecule has 1 heterocycles. The normalized spacial score (nSPS) is 15.3. The maximum absolute atomic E-state index is 14.7. The number of ether oxygens (including phenoxy) is 1. The molecule has 280 valence electrons. The number of benzene rings is 4. The van der Waals surface area contributed by atoms with Crippen molar-refractivity contribution in [2.75, 3.05) is 16.7 Å². The van der Waals surface area contributed by atoms with E-state index in [-0.39, 0.29) is 24.7 Å². The number of hydrogen-bond acceptors (Lipinski definition) is 5. The Morgan fingerprint density at radius 1 is 0.906 bits per heavy atom. The van der Waals surface area contributed by atoms with Crippen molar-refractivity contribution in [2.24, 2.45) is 0 Å². The predicted molar refractivity (Wildman–Crippen MR) is 190 cm³/mol. The first-order chi connectivity index (χ1) is 25.3. The molecule has 0 unspecified atom stereocenters. The van der Waals surface area contributed by atoms with Gasteiger partial charge in [0.05, 0.1) is 19.2 Å². The monoisotopic (exact) mass is 755 g/mol. The number of nitrogens with zero attached hydrogens (tertiary/aromatic N) is 2. The summed E-state index contributed by atoms with van der Waals surface area (Å²) < 4.78 is 105. The standard InChI is InChI=1S/C39H38F5N3O5S/c1-23(53(50,51)45-37-35(43)33(41)32(19-40)34(42)36(37)44)38(48)47(21-25-8-12-27(13-9-25)26-6-4-3-5-7-26)29-14-17-31-28(18-29)22-46(39(31)49)20-24-10-15-30(52-2)16-11-24/h8-18,23,26,45H,3-7,19-22H2,1-2H3/t23-/m1/s1. The van der Waals surface area contributed by atoms with Crippen LogP contribution >= 0.6 is 0 Å². The van der Waals surface area contributed by atoms with Gasteiger partial charge in [-0.05, 0) is 78.3 Å². The summed E-state index contributed by atoms with van der Waals surface area (Å²) in [6.45, 7) is -0.537. The number of hydrogen-bond donors (Lipinski definition) is 1. The van der Waals surface area contributed by atoms with E-state index >= 15 is 0 Å². The minimum atomic E-state index is -5.07. The van der Waals surface area contributed by atoms with Crippen LogP contribution in [-0.2, 0) is 41.1 Å². The number of fused-ring (bicyclic) bond motifs is 1. The van der Waals surface area contributed by atoms with Crippen molar-refractivity contribution in [2.45, 2.75) is 76.5 Å². The van der Waals surface area contributed by atoms with Crippen LogP contribution in [0.4, 0.5) is 33.3 Å². The third-order valence-electron chi connectivity index (χ3n) is 10.0. The molecule has 0 radical (unpaired) electrons. The molecule has 6 rings (SSSR count). The maximum atomic E-state index is 14.7. The highest BCUT2D eigenvalue weighted by atomic mass is 32.2. The number of anilines is 2. The van der Waals surface area contributed by atoms with E-state index in [0.717, 1.165) is 43.7 Å². The minimum Gasteiger partial charge on any atom is -0.497 e. The molecule has 1 aliphatic heterocycles. The topological polar surface area (TPSA) is 96.0 Å². The quantitative estimate of drug-likeness (QED) is 0.116. The second-order valence-electron chi connectivity index (χ2n) is 13.4. The molecule has 1 fully saturated rings. The molecule has 0 saturated heterocycles. The van der Waals surface area contributed by atoms with E-state index in [4.69, 9.17) is 4.74 Å². The van der Waals surface area contributed by atoms with Crippen molar-refractivity contribution in [1.82, 2.24) is 4.90 Å². The summed E-state index contributed by atoms with van der Waals surface area (Å²) >= 11 is 0. The van der Waals surface area contributed by atoms with Crippen LogP contribution in [0.15, 0.2) is 66.7 Å². The van der Waals surface area contributed by atoms with Crippen LogP contribution in [-0.4, -0.2) is 37.5 Å². The minimum absolute atomic E-state index is 0.122. The number of methoxy groups -OCH3 is 1. The Morgan fingerprint density at radius 3 is 2.13 bits per heavy atom. The fourth-order valence-corrected chi connectivity index (χ4v) is 7.92. The van der Waals surface area contributed by atoms with E-state index in [9.17, 15) is 40.0 Å². The Kier molecular flexibility index (Phi) is 11.1. The number of sulfonamides is 1. The third kappa shape index (κ3) is 7.73. The smallest absolute Gasteiger partial charge is 0.254 e. The summed E-state index contributed by atoms with van der Waals surface area (Å²) in [5.41, 5.74) is 0.647. The van der Waals surface area contributed by atoms with Gasteiger partial charge in [0.15, 0.2) is 28.5 Å². The number of carbonyl (C=O) groups excluding carboxylic acids is 2. The van der Waals surface area contributed by atoms with Crippen molar-refractivity contribution in [1.29, 1.82) is 0 Å². The van der Waals surface area contributed by atoms with Gasteiger partial charge in [-0.3, -0.25) is 14.3 Å². The molecule has 2 amide bonds. The van der Waals surface area contributed by atoms with Gasteiger partial charge in [0.2, 0.25) is 15.9 Å². The second kappa shape index (κ2) is 15.6. The van der Waals surface area contributed by atoms with Gasteiger partial charge >= 0.3 is 0 Å².